The largest absolute Gasteiger partial charge is 0.381 e. The topological polar surface area (TPSA) is 54.9 Å². The molecule has 0 bridgehead atoms. The summed E-state index contributed by atoms with van der Waals surface area (Å²) in [6.07, 6.45) is 6.77. The van der Waals surface area contributed by atoms with Crippen molar-refractivity contribution < 1.29 is 14.3 Å². The number of nitrogens with zero attached hydrogens (tertiary/aromatic N) is 3. The van der Waals surface area contributed by atoms with E-state index in [0.29, 0.717) is 19.1 Å². The second-order valence-electron chi connectivity index (χ2n) is 8.13. The first kappa shape index (κ1) is 17.9. The number of likely N-dealkylation sites (tertiary alicyclic amines) is 2. The van der Waals surface area contributed by atoms with Gasteiger partial charge in [-0.25, -0.2) is 0 Å². The van der Waals surface area contributed by atoms with Crippen LogP contribution in [0.25, 0.3) is 0 Å². The molecule has 1 spiro atoms. The van der Waals surface area contributed by atoms with Gasteiger partial charge in [-0.1, -0.05) is 0 Å². The van der Waals surface area contributed by atoms with Crippen LogP contribution in [0.4, 0.5) is 0 Å². The average molecular weight is 359 g/mol. The molecular formula is C20H29N3O3. The van der Waals surface area contributed by atoms with E-state index >= 15 is 0 Å². The molecule has 0 aliphatic carbocycles. The fraction of sp³-hybridized carbons (Fsp3) is 0.700. The number of pyridine rings is 1. The lowest BCUT2D eigenvalue weighted by molar-refractivity contribution is -0.155. The van der Waals surface area contributed by atoms with Crippen molar-refractivity contribution in [3.05, 3.63) is 30.1 Å². The lowest BCUT2D eigenvalue weighted by atomic mass is 9.75. The zero-order valence-electron chi connectivity index (χ0n) is 15.6. The summed E-state index contributed by atoms with van der Waals surface area (Å²) in [6.45, 7) is 5.57. The number of hydrogen-bond acceptors (Lipinski definition) is 5. The Balaban J connectivity index is 1.26. The SMILES string of the molecule is CN1CC[C@@H](COCc2ccncc2)CC12CN(C(=O)[C@H]1CCOC1)C2. The molecule has 1 amide bonds. The van der Waals surface area contributed by atoms with Crippen LogP contribution in [0, 0.1) is 11.8 Å². The van der Waals surface area contributed by atoms with E-state index in [4.69, 9.17) is 9.47 Å². The normalized spacial score (nSPS) is 28.3. The van der Waals surface area contributed by atoms with Gasteiger partial charge in [-0.05, 0) is 56.5 Å². The Bertz CT molecular complexity index is 612. The highest BCUT2D eigenvalue weighted by Crippen LogP contribution is 2.39. The van der Waals surface area contributed by atoms with Crippen LogP contribution in [0.2, 0.25) is 0 Å². The molecular weight excluding hydrogens is 330 g/mol. The Hall–Kier alpha value is -1.50. The number of likely N-dealkylation sites (N-methyl/N-ethyl adjacent to an activating group) is 1. The third-order valence-corrected chi connectivity index (χ3v) is 6.28. The summed E-state index contributed by atoms with van der Waals surface area (Å²) in [5.41, 5.74) is 1.32. The Labute approximate surface area is 155 Å². The molecule has 0 N–H and O–H groups in total. The molecule has 4 rings (SSSR count). The zero-order valence-corrected chi connectivity index (χ0v) is 15.6. The maximum atomic E-state index is 12.6. The fourth-order valence-corrected chi connectivity index (χ4v) is 4.55. The van der Waals surface area contributed by atoms with Gasteiger partial charge < -0.3 is 14.4 Å². The lowest BCUT2D eigenvalue weighted by Crippen LogP contribution is -2.73. The molecule has 142 valence electrons. The molecule has 0 unspecified atom stereocenters. The number of ether oxygens (including phenoxy) is 2. The van der Waals surface area contributed by atoms with Gasteiger partial charge in [0, 0.05) is 38.7 Å². The van der Waals surface area contributed by atoms with Crippen LogP contribution in [0.3, 0.4) is 0 Å². The molecule has 0 saturated carbocycles. The van der Waals surface area contributed by atoms with E-state index in [2.05, 4.69) is 16.9 Å². The van der Waals surface area contributed by atoms with Crippen LogP contribution in [0.5, 0.6) is 0 Å². The van der Waals surface area contributed by atoms with E-state index in [1.165, 1.54) is 12.0 Å². The van der Waals surface area contributed by atoms with E-state index in [1.54, 1.807) is 12.4 Å². The first-order valence-electron chi connectivity index (χ1n) is 9.71. The van der Waals surface area contributed by atoms with E-state index in [9.17, 15) is 4.79 Å². The van der Waals surface area contributed by atoms with Gasteiger partial charge >= 0.3 is 0 Å². The molecule has 3 fully saturated rings. The average Bonchev–Trinajstić information content (AvgIpc) is 3.16. The fourth-order valence-electron chi connectivity index (χ4n) is 4.55. The van der Waals surface area contributed by atoms with Gasteiger partial charge in [0.2, 0.25) is 5.91 Å². The van der Waals surface area contributed by atoms with Crippen LogP contribution >= 0.6 is 0 Å². The van der Waals surface area contributed by atoms with Crippen molar-refractivity contribution in [2.45, 2.75) is 31.4 Å². The van der Waals surface area contributed by atoms with Gasteiger partial charge in [0.25, 0.3) is 0 Å². The maximum Gasteiger partial charge on any atom is 0.228 e. The monoisotopic (exact) mass is 359 g/mol. The summed E-state index contributed by atoms with van der Waals surface area (Å²) in [5.74, 6) is 0.943. The minimum absolute atomic E-state index is 0.0840. The molecule has 6 heteroatoms. The smallest absolute Gasteiger partial charge is 0.228 e. The highest BCUT2D eigenvalue weighted by atomic mass is 16.5. The van der Waals surface area contributed by atoms with Gasteiger partial charge in [0.1, 0.15) is 0 Å². The molecule has 0 radical (unpaired) electrons. The number of aromatic nitrogens is 1. The van der Waals surface area contributed by atoms with Crippen LogP contribution in [-0.4, -0.2) is 72.7 Å². The van der Waals surface area contributed by atoms with Crippen molar-refractivity contribution in [2.75, 3.05) is 46.5 Å². The number of amides is 1. The van der Waals surface area contributed by atoms with E-state index in [0.717, 1.165) is 45.7 Å². The Morgan fingerprint density at radius 2 is 2.15 bits per heavy atom. The third-order valence-electron chi connectivity index (χ3n) is 6.28. The predicted octanol–water partition coefficient (Wildman–Crippen LogP) is 1.56. The first-order valence-corrected chi connectivity index (χ1v) is 9.71. The summed E-state index contributed by atoms with van der Waals surface area (Å²) < 4.78 is 11.3. The Morgan fingerprint density at radius 1 is 1.35 bits per heavy atom. The summed E-state index contributed by atoms with van der Waals surface area (Å²) in [7, 11) is 2.20. The van der Waals surface area contributed by atoms with E-state index in [1.807, 2.05) is 17.0 Å². The molecule has 3 aliphatic heterocycles. The van der Waals surface area contributed by atoms with Crippen molar-refractivity contribution in [1.29, 1.82) is 0 Å². The molecule has 1 aromatic rings. The van der Waals surface area contributed by atoms with Crippen molar-refractivity contribution in [3.63, 3.8) is 0 Å². The minimum Gasteiger partial charge on any atom is -0.381 e. The maximum absolute atomic E-state index is 12.6. The molecule has 26 heavy (non-hydrogen) atoms. The van der Waals surface area contributed by atoms with Crippen molar-refractivity contribution in [3.8, 4) is 0 Å². The van der Waals surface area contributed by atoms with Gasteiger partial charge in [-0.2, -0.15) is 0 Å². The summed E-state index contributed by atoms with van der Waals surface area (Å²) >= 11 is 0. The molecule has 1 aromatic heterocycles. The van der Waals surface area contributed by atoms with Crippen molar-refractivity contribution >= 4 is 5.91 Å². The quantitative estimate of drug-likeness (QED) is 0.799. The van der Waals surface area contributed by atoms with Crippen molar-refractivity contribution in [2.24, 2.45) is 11.8 Å². The molecule has 4 heterocycles. The lowest BCUT2D eigenvalue weighted by Gasteiger charge is -2.59. The van der Waals surface area contributed by atoms with Crippen molar-refractivity contribution in [1.82, 2.24) is 14.8 Å². The molecule has 3 aliphatic rings. The van der Waals surface area contributed by atoms with Gasteiger partial charge in [0.15, 0.2) is 0 Å². The van der Waals surface area contributed by atoms with E-state index in [-0.39, 0.29) is 17.4 Å². The summed E-state index contributed by atoms with van der Waals surface area (Å²) in [6, 6.07) is 4.00. The zero-order chi connectivity index (χ0) is 18.0. The third kappa shape index (κ3) is 3.63. The summed E-state index contributed by atoms with van der Waals surface area (Å²) in [4.78, 5) is 21.1. The Morgan fingerprint density at radius 3 is 2.88 bits per heavy atom. The van der Waals surface area contributed by atoms with Gasteiger partial charge in [0.05, 0.1) is 24.7 Å². The number of piperidine rings is 1. The highest BCUT2D eigenvalue weighted by Gasteiger charge is 2.51. The molecule has 6 nitrogen and oxygen atoms in total. The molecule has 3 saturated heterocycles. The van der Waals surface area contributed by atoms with Gasteiger partial charge in [-0.15, -0.1) is 0 Å². The van der Waals surface area contributed by atoms with E-state index < -0.39 is 0 Å². The molecule has 0 aromatic carbocycles. The van der Waals surface area contributed by atoms with Crippen LogP contribution in [0.15, 0.2) is 24.5 Å². The number of carbonyl (C=O) groups excluding carboxylic acids is 1. The number of rotatable bonds is 5. The second kappa shape index (κ2) is 7.62. The summed E-state index contributed by atoms with van der Waals surface area (Å²) in [5, 5.41) is 0. The number of carbonyl (C=O) groups is 1. The van der Waals surface area contributed by atoms with Crippen LogP contribution in [0.1, 0.15) is 24.8 Å². The minimum atomic E-state index is 0.0840. The van der Waals surface area contributed by atoms with Crippen LogP contribution in [-0.2, 0) is 20.9 Å². The highest BCUT2D eigenvalue weighted by molar-refractivity contribution is 5.80. The number of hydrogen-bond donors (Lipinski definition) is 0. The second-order valence-corrected chi connectivity index (χ2v) is 8.13. The standard InChI is InChI=1S/C20H29N3O3/c1-22-8-4-17(12-26-11-16-2-6-21-7-3-16)10-20(22)14-23(15-20)19(24)18-5-9-25-13-18/h2-3,6-7,17-18H,4-5,8-15H2,1H3/t17-,18+/m1/s1. The first-order chi connectivity index (χ1) is 12.7. The van der Waals surface area contributed by atoms with Crippen LogP contribution < -0.4 is 0 Å². The molecule has 2 atom stereocenters. The predicted molar refractivity (Wildman–Crippen MR) is 97.5 cm³/mol. The van der Waals surface area contributed by atoms with Gasteiger partial charge in [-0.3, -0.25) is 14.7 Å². The Kier molecular flexibility index (Phi) is 5.25.